The lowest BCUT2D eigenvalue weighted by Crippen LogP contribution is -2.15. The zero-order chi connectivity index (χ0) is 22.1. The number of fused-ring (bicyclic) bond motifs is 1. The standard InChI is InChI=1S/C24H30O7/c1-13-20(27-2)6-15(7-21(13)28-3)24-19-12-30-23(18(19)11-31-24)14-5-16(9-25)17(10-26)22(8-14)29-4/h5-8,18-19,23-26H,9-12H2,1-4H3/t18-,19-,23+,24+/m0/s1. The van der Waals surface area contributed by atoms with Crippen LogP contribution in [0.15, 0.2) is 24.3 Å². The fourth-order valence-corrected chi connectivity index (χ4v) is 4.90. The molecule has 168 valence electrons. The first-order valence-electron chi connectivity index (χ1n) is 10.4. The molecule has 0 unspecified atom stereocenters. The zero-order valence-electron chi connectivity index (χ0n) is 18.4. The first-order valence-corrected chi connectivity index (χ1v) is 10.4. The maximum atomic E-state index is 9.78. The van der Waals surface area contributed by atoms with Crippen LogP contribution in [0.4, 0.5) is 0 Å². The third-order valence-electron chi connectivity index (χ3n) is 6.57. The average molecular weight is 430 g/mol. The minimum absolute atomic E-state index is 0.116. The molecule has 4 atom stereocenters. The topological polar surface area (TPSA) is 86.6 Å². The molecule has 2 N–H and O–H groups in total. The summed E-state index contributed by atoms with van der Waals surface area (Å²) in [7, 11) is 4.87. The van der Waals surface area contributed by atoms with E-state index in [-0.39, 0.29) is 37.3 Å². The Bertz CT molecular complexity index is 892. The number of aliphatic hydroxyl groups excluding tert-OH is 2. The molecule has 2 aromatic carbocycles. The number of benzene rings is 2. The highest BCUT2D eigenvalue weighted by molar-refractivity contribution is 5.48. The van der Waals surface area contributed by atoms with E-state index in [1.807, 2.05) is 31.2 Å². The summed E-state index contributed by atoms with van der Waals surface area (Å²) in [5.74, 6) is 2.45. The number of methoxy groups -OCH3 is 3. The van der Waals surface area contributed by atoms with Crippen molar-refractivity contribution in [1.82, 2.24) is 0 Å². The second-order valence-electron chi connectivity index (χ2n) is 8.06. The summed E-state index contributed by atoms with van der Waals surface area (Å²) in [5, 5.41) is 19.5. The fraction of sp³-hybridized carbons (Fsp3) is 0.500. The highest BCUT2D eigenvalue weighted by Crippen LogP contribution is 2.51. The largest absolute Gasteiger partial charge is 0.496 e. The first-order chi connectivity index (χ1) is 15.1. The molecule has 2 heterocycles. The molecule has 0 spiro atoms. The second-order valence-corrected chi connectivity index (χ2v) is 8.06. The molecule has 0 aliphatic carbocycles. The summed E-state index contributed by atoms with van der Waals surface area (Å²) < 4.78 is 29.0. The van der Waals surface area contributed by atoms with Crippen LogP contribution in [-0.4, -0.2) is 44.8 Å². The lowest BCUT2D eigenvalue weighted by atomic mass is 9.84. The SMILES string of the molecule is COc1cc([C@H]2OC[C@H]3[C@@H]2CO[C@@H]3c2cc(CO)c(CO)c(OC)c2)cc(OC)c1C. The number of rotatable bonds is 7. The van der Waals surface area contributed by atoms with Gasteiger partial charge in [0.05, 0.1) is 60.0 Å². The molecule has 0 amide bonds. The van der Waals surface area contributed by atoms with E-state index in [4.69, 9.17) is 23.7 Å². The molecule has 7 heteroatoms. The molecule has 2 saturated heterocycles. The summed E-state index contributed by atoms with van der Waals surface area (Å²) in [5.41, 5.74) is 4.14. The minimum atomic E-state index is -0.195. The van der Waals surface area contributed by atoms with E-state index in [1.165, 1.54) is 0 Å². The zero-order valence-corrected chi connectivity index (χ0v) is 18.4. The van der Waals surface area contributed by atoms with E-state index in [2.05, 4.69) is 0 Å². The lowest BCUT2D eigenvalue weighted by molar-refractivity contribution is 0.0190. The summed E-state index contributed by atoms with van der Waals surface area (Å²) in [6.07, 6.45) is -0.287. The van der Waals surface area contributed by atoms with Gasteiger partial charge in [0.15, 0.2) is 0 Å². The maximum absolute atomic E-state index is 9.78. The monoisotopic (exact) mass is 430 g/mol. The molecule has 4 rings (SSSR count). The van der Waals surface area contributed by atoms with Crippen molar-refractivity contribution in [3.05, 3.63) is 52.1 Å². The van der Waals surface area contributed by atoms with Crippen molar-refractivity contribution in [2.24, 2.45) is 11.8 Å². The molecule has 2 aliphatic rings. The van der Waals surface area contributed by atoms with Crippen molar-refractivity contribution >= 4 is 0 Å². The van der Waals surface area contributed by atoms with Gasteiger partial charge in [0.1, 0.15) is 17.2 Å². The molecule has 7 nitrogen and oxygen atoms in total. The van der Waals surface area contributed by atoms with Gasteiger partial charge in [-0.15, -0.1) is 0 Å². The van der Waals surface area contributed by atoms with Gasteiger partial charge in [-0.2, -0.15) is 0 Å². The third kappa shape index (κ3) is 3.76. The molecule has 0 bridgehead atoms. The van der Waals surface area contributed by atoms with Crippen molar-refractivity contribution in [2.45, 2.75) is 32.3 Å². The maximum Gasteiger partial charge on any atom is 0.125 e. The van der Waals surface area contributed by atoms with Crippen LogP contribution in [0.5, 0.6) is 17.2 Å². The van der Waals surface area contributed by atoms with Gasteiger partial charge in [-0.3, -0.25) is 0 Å². The molecule has 2 aliphatic heterocycles. The molecule has 0 saturated carbocycles. The van der Waals surface area contributed by atoms with Crippen LogP contribution in [0.2, 0.25) is 0 Å². The van der Waals surface area contributed by atoms with Gasteiger partial charge in [0, 0.05) is 23.0 Å². The van der Waals surface area contributed by atoms with Gasteiger partial charge >= 0.3 is 0 Å². The third-order valence-corrected chi connectivity index (χ3v) is 6.57. The fourth-order valence-electron chi connectivity index (χ4n) is 4.90. The molecule has 2 fully saturated rings. The van der Waals surface area contributed by atoms with Crippen molar-refractivity contribution < 1.29 is 33.9 Å². The van der Waals surface area contributed by atoms with Gasteiger partial charge in [-0.05, 0) is 41.8 Å². The van der Waals surface area contributed by atoms with E-state index in [1.54, 1.807) is 21.3 Å². The molecular formula is C24H30O7. The van der Waals surface area contributed by atoms with E-state index in [0.717, 1.165) is 28.2 Å². The molecule has 0 radical (unpaired) electrons. The Morgan fingerprint density at radius 2 is 1.26 bits per heavy atom. The number of hydrogen-bond donors (Lipinski definition) is 2. The normalized spacial score (nSPS) is 24.8. The summed E-state index contributed by atoms with van der Waals surface area (Å²) >= 11 is 0. The first kappa shape index (κ1) is 21.9. The smallest absolute Gasteiger partial charge is 0.125 e. The molecular weight excluding hydrogens is 400 g/mol. The summed E-state index contributed by atoms with van der Waals surface area (Å²) in [6.45, 7) is 2.73. The highest BCUT2D eigenvalue weighted by Gasteiger charge is 2.48. The van der Waals surface area contributed by atoms with Crippen molar-refractivity contribution in [3.63, 3.8) is 0 Å². The van der Waals surface area contributed by atoms with E-state index < -0.39 is 0 Å². The Labute approximate surface area is 182 Å². The van der Waals surface area contributed by atoms with Crippen LogP contribution in [-0.2, 0) is 22.7 Å². The Hall–Kier alpha value is -2.32. The average Bonchev–Trinajstić information content (AvgIpc) is 3.40. The van der Waals surface area contributed by atoms with E-state index >= 15 is 0 Å². The van der Waals surface area contributed by atoms with Crippen molar-refractivity contribution in [3.8, 4) is 17.2 Å². The summed E-state index contributed by atoms with van der Waals surface area (Å²) in [6, 6.07) is 7.82. The Morgan fingerprint density at radius 3 is 1.71 bits per heavy atom. The van der Waals surface area contributed by atoms with Crippen LogP contribution in [0.25, 0.3) is 0 Å². The minimum Gasteiger partial charge on any atom is -0.496 e. The lowest BCUT2D eigenvalue weighted by Gasteiger charge is -2.20. The number of hydrogen-bond acceptors (Lipinski definition) is 7. The van der Waals surface area contributed by atoms with Crippen LogP contribution in [0, 0.1) is 18.8 Å². The number of aliphatic hydroxyl groups is 2. The van der Waals surface area contributed by atoms with Gasteiger partial charge in [-0.25, -0.2) is 0 Å². The van der Waals surface area contributed by atoms with Crippen LogP contribution in [0.1, 0.15) is 40.0 Å². The quantitative estimate of drug-likeness (QED) is 0.698. The van der Waals surface area contributed by atoms with Gasteiger partial charge in [-0.1, -0.05) is 6.07 Å². The molecule has 2 aromatic rings. The van der Waals surface area contributed by atoms with Gasteiger partial charge < -0.3 is 33.9 Å². The van der Waals surface area contributed by atoms with Gasteiger partial charge in [0.2, 0.25) is 0 Å². The van der Waals surface area contributed by atoms with E-state index in [9.17, 15) is 10.2 Å². The number of ether oxygens (including phenoxy) is 5. The van der Waals surface area contributed by atoms with Crippen LogP contribution >= 0.6 is 0 Å². The van der Waals surface area contributed by atoms with Gasteiger partial charge in [0.25, 0.3) is 0 Å². The molecule has 0 aromatic heterocycles. The Kier molecular flexibility index (Phi) is 6.39. The predicted molar refractivity (Wildman–Crippen MR) is 113 cm³/mol. The summed E-state index contributed by atoms with van der Waals surface area (Å²) in [4.78, 5) is 0. The Morgan fingerprint density at radius 1 is 0.774 bits per heavy atom. The Balaban J connectivity index is 1.64. The van der Waals surface area contributed by atoms with Crippen LogP contribution < -0.4 is 14.2 Å². The molecule has 31 heavy (non-hydrogen) atoms. The highest BCUT2D eigenvalue weighted by atomic mass is 16.5. The van der Waals surface area contributed by atoms with Crippen molar-refractivity contribution in [1.29, 1.82) is 0 Å². The van der Waals surface area contributed by atoms with E-state index in [0.29, 0.717) is 30.1 Å². The predicted octanol–water partition coefficient (Wildman–Crippen LogP) is 3.08. The second kappa shape index (κ2) is 9.04. The van der Waals surface area contributed by atoms with Crippen molar-refractivity contribution in [2.75, 3.05) is 34.5 Å². The van der Waals surface area contributed by atoms with Crippen LogP contribution in [0.3, 0.4) is 0 Å².